The lowest BCUT2D eigenvalue weighted by molar-refractivity contribution is -0.142. The van der Waals surface area contributed by atoms with Crippen molar-refractivity contribution in [1.29, 1.82) is 0 Å². The normalized spacial score (nSPS) is 14.9. The van der Waals surface area contributed by atoms with Gasteiger partial charge in [-0.05, 0) is 14.0 Å². The molecule has 0 saturated heterocycles. The SMILES string of the molecule is CNC(C)(CSc1ncnn1C)C(=O)O. The zero-order valence-corrected chi connectivity index (χ0v) is 9.71. The Labute approximate surface area is 92.1 Å². The fourth-order valence-corrected chi connectivity index (χ4v) is 1.91. The Morgan fingerprint density at radius 1 is 1.80 bits per heavy atom. The van der Waals surface area contributed by atoms with Gasteiger partial charge < -0.3 is 10.4 Å². The number of rotatable bonds is 5. The molecule has 1 rings (SSSR count). The minimum atomic E-state index is -0.948. The standard InChI is InChI=1S/C8H14N4O2S/c1-8(9-2,6(13)14)4-15-7-10-5-11-12(7)3/h5,9H,4H2,1-3H3,(H,13,14). The van der Waals surface area contributed by atoms with Gasteiger partial charge in [-0.1, -0.05) is 11.8 Å². The van der Waals surface area contributed by atoms with E-state index in [-0.39, 0.29) is 0 Å². The average Bonchev–Trinajstić information content (AvgIpc) is 2.60. The molecule has 0 aliphatic rings. The molecule has 1 unspecified atom stereocenters. The van der Waals surface area contributed by atoms with Crippen LogP contribution in [0.2, 0.25) is 0 Å². The highest BCUT2D eigenvalue weighted by Crippen LogP contribution is 2.19. The summed E-state index contributed by atoms with van der Waals surface area (Å²) in [5.41, 5.74) is -0.948. The minimum Gasteiger partial charge on any atom is -0.480 e. The van der Waals surface area contributed by atoms with E-state index in [1.165, 1.54) is 18.1 Å². The van der Waals surface area contributed by atoms with E-state index in [1.54, 1.807) is 25.7 Å². The molecule has 6 nitrogen and oxygen atoms in total. The van der Waals surface area contributed by atoms with E-state index in [4.69, 9.17) is 5.11 Å². The molecule has 0 bridgehead atoms. The van der Waals surface area contributed by atoms with E-state index < -0.39 is 11.5 Å². The highest BCUT2D eigenvalue weighted by Gasteiger charge is 2.31. The lowest BCUT2D eigenvalue weighted by Crippen LogP contribution is -2.49. The first-order valence-corrected chi connectivity index (χ1v) is 5.37. The summed E-state index contributed by atoms with van der Waals surface area (Å²) in [6.45, 7) is 1.64. The van der Waals surface area contributed by atoms with E-state index in [0.29, 0.717) is 10.9 Å². The van der Waals surface area contributed by atoms with Gasteiger partial charge >= 0.3 is 5.97 Å². The van der Waals surface area contributed by atoms with Gasteiger partial charge in [0.2, 0.25) is 0 Å². The maximum Gasteiger partial charge on any atom is 0.324 e. The molecule has 15 heavy (non-hydrogen) atoms. The van der Waals surface area contributed by atoms with Crippen molar-refractivity contribution < 1.29 is 9.90 Å². The Bertz CT molecular complexity index is 354. The number of carbonyl (C=O) groups is 1. The Balaban J connectivity index is 2.63. The van der Waals surface area contributed by atoms with Crippen LogP contribution in [-0.2, 0) is 11.8 Å². The summed E-state index contributed by atoms with van der Waals surface area (Å²) < 4.78 is 1.61. The second-order valence-electron chi connectivity index (χ2n) is 3.34. The van der Waals surface area contributed by atoms with E-state index >= 15 is 0 Å². The molecule has 0 fully saturated rings. The van der Waals surface area contributed by atoms with Crippen LogP contribution in [0.3, 0.4) is 0 Å². The Morgan fingerprint density at radius 3 is 2.87 bits per heavy atom. The smallest absolute Gasteiger partial charge is 0.324 e. The van der Waals surface area contributed by atoms with E-state index in [2.05, 4.69) is 15.4 Å². The second kappa shape index (κ2) is 4.63. The second-order valence-corrected chi connectivity index (χ2v) is 4.28. The molecule has 0 aromatic carbocycles. The van der Waals surface area contributed by atoms with Gasteiger partial charge in [-0.3, -0.25) is 4.79 Å². The van der Waals surface area contributed by atoms with Crippen LogP contribution in [-0.4, -0.2) is 44.2 Å². The first-order valence-electron chi connectivity index (χ1n) is 4.38. The quantitative estimate of drug-likeness (QED) is 0.691. The van der Waals surface area contributed by atoms with Gasteiger partial charge in [0.15, 0.2) is 5.16 Å². The van der Waals surface area contributed by atoms with Gasteiger partial charge in [-0.2, -0.15) is 5.10 Å². The van der Waals surface area contributed by atoms with Gasteiger partial charge in [0.1, 0.15) is 11.9 Å². The summed E-state index contributed by atoms with van der Waals surface area (Å²) in [5, 5.41) is 16.4. The minimum absolute atomic E-state index is 0.394. The van der Waals surface area contributed by atoms with Gasteiger partial charge in [-0.25, -0.2) is 9.67 Å². The molecule has 2 N–H and O–H groups in total. The zero-order valence-electron chi connectivity index (χ0n) is 8.89. The van der Waals surface area contributed by atoms with Crippen LogP contribution >= 0.6 is 11.8 Å². The van der Waals surface area contributed by atoms with Crippen molar-refractivity contribution in [2.75, 3.05) is 12.8 Å². The fourth-order valence-electron chi connectivity index (χ4n) is 0.866. The number of nitrogens with one attached hydrogen (secondary N) is 1. The number of likely N-dealkylation sites (N-methyl/N-ethyl adjacent to an activating group) is 1. The molecule has 0 spiro atoms. The first kappa shape index (κ1) is 12.0. The number of carboxylic acid groups (broad SMARTS) is 1. The van der Waals surface area contributed by atoms with E-state index in [9.17, 15) is 4.79 Å². The largest absolute Gasteiger partial charge is 0.480 e. The van der Waals surface area contributed by atoms with Crippen molar-refractivity contribution >= 4 is 17.7 Å². The summed E-state index contributed by atoms with van der Waals surface area (Å²) in [6, 6.07) is 0. The summed E-state index contributed by atoms with van der Waals surface area (Å²) >= 11 is 1.36. The summed E-state index contributed by atoms with van der Waals surface area (Å²) in [7, 11) is 3.40. The van der Waals surface area contributed by atoms with Crippen LogP contribution in [0, 0.1) is 0 Å². The third kappa shape index (κ3) is 2.69. The maximum absolute atomic E-state index is 11.0. The molecule has 0 amide bonds. The first-order chi connectivity index (χ1) is 6.99. The number of aryl methyl sites for hydroxylation is 1. The molecular formula is C8H14N4O2S. The van der Waals surface area contributed by atoms with Crippen LogP contribution in [0.4, 0.5) is 0 Å². The number of hydrogen-bond donors (Lipinski definition) is 2. The molecule has 1 heterocycles. The lowest BCUT2D eigenvalue weighted by atomic mass is 10.1. The van der Waals surface area contributed by atoms with Crippen LogP contribution in [0.25, 0.3) is 0 Å². The van der Waals surface area contributed by atoms with Gasteiger partial charge in [0.25, 0.3) is 0 Å². The third-order valence-electron chi connectivity index (χ3n) is 2.18. The summed E-state index contributed by atoms with van der Waals surface area (Å²) in [6.07, 6.45) is 1.44. The number of nitrogens with zero attached hydrogens (tertiary/aromatic N) is 3. The van der Waals surface area contributed by atoms with Crippen LogP contribution in [0.5, 0.6) is 0 Å². The maximum atomic E-state index is 11.0. The topological polar surface area (TPSA) is 80.0 Å². The van der Waals surface area contributed by atoms with E-state index in [1.807, 2.05) is 0 Å². The number of aromatic nitrogens is 3. The molecule has 1 aromatic rings. The van der Waals surface area contributed by atoms with Crippen molar-refractivity contribution in [3.8, 4) is 0 Å². The average molecular weight is 230 g/mol. The predicted molar refractivity (Wildman–Crippen MR) is 56.8 cm³/mol. The monoisotopic (exact) mass is 230 g/mol. The Kier molecular flexibility index (Phi) is 3.70. The van der Waals surface area contributed by atoms with Crippen LogP contribution < -0.4 is 5.32 Å². The molecule has 0 aliphatic carbocycles. The summed E-state index contributed by atoms with van der Waals surface area (Å²) in [4.78, 5) is 15.0. The van der Waals surface area contributed by atoms with Crippen molar-refractivity contribution in [2.24, 2.45) is 7.05 Å². The molecule has 84 valence electrons. The van der Waals surface area contributed by atoms with Crippen LogP contribution in [0.15, 0.2) is 11.5 Å². The van der Waals surface area contributed by atoms with Crippen LogP contribution in [0.1, 0.15) is 6.92 Å². The number of thioether (sulfide) groups is 1. The van der Waals surface area contributed by atoms with E-state index in [0.717, 1.165) is 0 Å². The molecule has 0 radical (unpaired) electrons. The molecule has 1 atom stereocenters. The van der Waals surface area contributed by atoms with Gasteiger partial charge in [0, 0.05) is 12.8 Å². The zero-order chi connectivity index (χ0) is 11.5. The number of aliphatic carboxylic acids is 1. The van der Waals surface area contributed by atoms with Crippen molar-refractivity contribution in [2.45, 2.75) is 17.6 Å². The highest BCUT2D eigenvalue weighted by molar-refractivity contribution is 7.99. The van der Waals surface area contributed by atoms with Crippen molar-refractivity contribution in [3.05, 3.63) is 6.33 Å². The molecular weight excluding hydrogens is 216 g/mol. The number of hydrogen-bond acceptors (Lipinski definition) is 5. The molecule has 7 heteroatoms. The molecule has 1 aromatic heterocycles. The van der Waals surface area contributed by atoms with Gasteiger partial charge in [-0.15, -0.1) is 0 Å². The van der Waals surface area contributed by atoms with Crippen molar-refractivity contribution in [1.82, 2.24) is 20.1 Å². The molecule has 0 saturated carbocycles. The van der Waals surface area contributed by atoms with Gasteiger partial charge in [0.05, 0.1) is 0 Å². The Hall–Kier alpha value is -1.08. The summed E-state index contributed by atoms with van der Waals surface area (Å²) in [5.74, 6) is -0.481. The van der Waals surface area contributed by atoms with Crippen molar-refractivity contribution in [3.63, 3.8) is 0 Å². The highest BCUT2D eigenvalue weighted by atomic mass is 32.2. The Morgan fingerprint density at radius 2 is 2.47 bits per heavy atom. The molecule has 0 aliphatic heterocycles. The fraction of sp³-hybridized carbons (Fsp3) is 0.625. The predicted octanol–water partition coefficient (Wildman–Crippen LogP) is -0.0301. The number of carboxylic acids is 1. The lowest BCUT2D eigenvalue weighted by Gasteiger charge is -2.22. The third-order valence-corrected chi connectivity index (χ3v) is 3.53.